The van der Waals surface area contributed by atoms with Crippen LogP contribution in [0, 0.1) is 5.92 Å². The third-order valence-electron chi connectivity index (χ3n) is 5.29. The number of fused-ring (bicyclic) bond motifs is 1. The van der Waals surface area contributed by atoms with E-state index in [-0.39, 0.29) is 5.91 Å². The second-order valence-electron chi connectivity index (χ2n) is 6.99. The smallest absolute Gasteiger partial charge is 0.252 e. The molecule has 2 aromatic rings. The minimum atomic E-state index is 0.0345. The van der Waals surface area contributed by atoms with E-state index in [0.717, 1.165) is 41.7 Å². The molecule has 0 spiro atoms. The second-order valence-corrected chi connectivity index (χ2v) is 6.99. The Morgan fingerprint density at radius 1 is 1.22 bits per heavy atom. The summed E-state index contributed by atoms with van der Waals surface area (Å²) in [7, 11) is 0. The van der Waals surface area contributed by atoms with Gasteiger partial charge in [-0.2, -0.15) is 0 Å². The highest BCUT2D eigenvalue weighted by Gasteiger charge is 2.30. The zero-order chi connectivity index (χ0) is 16.0. The largest absolute Gasteiger partial charge is 0.354 e. The van der Waals surface area contributed by atoms with Gasteiger partial charge in [0, 0.05) is 24.0 Å². The number of hydrogen-bond donors (Lipinski definition) is 1. The first-order valence-electron chi connectivity index (χ1n) is 8.61. The lowest BCUT2D eigenvalue weighted by molar-refractivity contribution is 0.0952. The van der Waals surface area contributed by atoms with Gasteiger partial charge in [0.05, 0.1) is 11.1 Å². The summed E-state index contributed by atoms with van der Waals surface area (Å²) in [6, 6.07) is 10.7. The van der Waals surface area contributed by atoms with E-state index in [1.165, 1.54) is 6.42 Å². The van der Waals surface area contributed by atoms with Gasteiger partial charge in [0.1, 0.15) is 5.82 Å². The number of amides is 1. The topological polar surface area (TPSA) is 45.2 Å². The fourth-order valence-corrected chi connectivity index (χ4v) is 3.41. The van der Waals surface area contributed by atoms with Crippen LogP contribution in [0.4, 0.5) is 5.82 Å². The number of pyridine rings is 1. The first kappa shape index (κ1) is 14.5. The molecule has 2 fully saturated rings. The molecular weight excluding hydrogens is 286 g/mol. The van der Waals surface area contributed by atoms with E-state index in [1.807, 2.05) is 30.3 Å². The van der Waals surface area contributed by atoms with Gasteiger partial charge in [0.25, 0.3) is 5.91 Å². The van der Waals surface area contributed by atoms with Gasteiger partial charge in [-0.1, -0.05) is 25.1 Å². The van der Waals surface area contributed by atoms with Gasteiger partial charge >= 0.3 is 0 Å². The van der Waals surface area contributed by atoms with Crippen LogP contribution in [0.1, 0.15) is 43.5 Å². The molecule has 1 saturated heterocycles. The first-order valence-corrected chi connectivity index (χ1v) is 8.61. The van der Waals surface area contributed by atoms with Crippen LogP contribution in [-0.2, 0) is 0 Å². The van der Waals surface area contributed by atoms with E-state index in [9.17, 15) is 4.79 Å². The molecule has 2 atom stereocenters. The SMILES string of the molecule is CC1CCN(c2cc(C(=O)NC3CC3)c3ccccc3n2)C1C. The number of nitrogens with one attached hydrogen (secondary N) is 1. The molecule has 1 aromatic carbocycles. The summed E-state index contributed by atoms with van der Waals surface area (Å²) < 4.78 is 0. The fraction of sp³-hybridized carbons (Fsp3) is 0.474. The van der Waals surface area contributed by atoms with Crippen molar-refractivity contribution < 1.29 is 4.79 Å². The Kier molecular flexibility index (Phi) is 3.47. The van der Waals surface area contributed by atoms with E-state index in [1.54, 1.807) is 0 Å². The van der Waals surface area contributed by atoms with Gasteiger partial charge in [0.15, 0.2) is 0 Å². The van der Waals surface area contributed by atoms with Crippen LogP contribution < -0.4 is 10.2 Å². The quantitative estimate of drug-likeness (QED) is 0.945. The number of para-hydroxylation sites is 1. The summed E-state index contributed by atoms with van der Waals surface area (Å²) in [6.45, 7) is 5.54. The van der Waals surface area contributed by atoms with Crippen molar-refractivity contribution in [2.45, 2.75) is 45.2 Å². The number of nitrogens with zero attached hydrogens (tertiary/aromatic N) is 2. The number of hydrogen-bond acceptors (Lipinski definition) is 3. The van der Waals surface area contributed by atoms with Crippen LogP contribution in [0.3, 0.4) is 0 Å². The molecule has 4 heteroatoms. The molecule has 1 saturated carbocycles. The number of carbonyl (C=O) groups is 1. The fourth-order valence-electron chi connectivity index (χ4n) is 3.41. The molecule has 1 aliphatic carbocycles. The molecule has 120 valence electrons. The molecule has 2 heterocycles. The van der Waals surface area contributed by atoms with Gasteiger partial charge in [0.2, 0.25) is 0 Å². The molecule has 4 rings (SSSR count). The Morgan fingerprint density at radius 2 is 2.00 bits per heavy atom. The Bertz CT molecular complexity index is 753. The molecule has 1 N–H and O–H groups in total. The maximum absolute atomic E-state index is 12.7. The monoisotopic (exact) mass is 309 g/mol. The summed E-state index contributed by atoms with van der Waals surface area (Å²) in [4.78, 5) is 19.8. The highest BCUT2D eigenvalue weighted by molar-refractivity contribution is 6.07. The van der Waals surface area contributed by atoms with Crippen molar-refractivity contribution in [2.75, 3.05) is 11.4 Å². The second kappa shape index (κ2) is 5.52. The molecule has 1 aliphatic heterocycles. The highest BCUT2D eigenvalue weighted by atomic mass is 16.1. The van der Waals surface area contributed by atoms with E-state index < -0.39 is 0 Å². The average molecular weight is 309 g/mol. The van der Waals surface area contributed by atoms with Crippen molar-refractivity contribution in [3.63, 3.8) is 0 Å². The Morgan fingerprint density at radius 3 is 2.70 bits per heavy atom. The van der Waals surface area contributed by atoms with Gasteiger partial charge < -0.3 is 10.2 Å². The number of aromatic nitrogens is 1. The van der Waals surface area contributed by atoms with Gasteiger partial charge in [-0.3, -0.25) is 4.79 Å². The molecule has 1 amide bonds. The molecule has 2 aliphatic rings. The van der Waals surface area contributed by atoms with E-state index >= 15 is 0 Å². The summed E-state index contributed by atoms with van der Waals surface area (Å²) in [6.07, 6.45) is 3.38. The summed E-state index contributed by atoms with van der Waals surface area (Å²) in [5.74, 6) is 1.63. The van der Waals surface area contributed by atoms with Crippen molar-refractivity contribution >= 4 is 22.6 Å². The normalized spacial score (nSPS) is 24.2. The van der Waals surface area contributed by atoms with Crippen LogP contribution in [0.2, 0.25) is 0 Å². The molecule has 23 heavy (non-hydrogen) atoms. The summed E-state index contributed by atoms with van der Waals surface area (Å²) in [5.41, 5.74) is 1.65. The van der Waals surface area contributed by atoms with Gasteiger partial charge in [-0.25, -0.2) is 4.98 Å². The number of carbonyl (C=O) groups excluding carboxylic acids is 1. The third-order valence-corrected chi connectivity index (χ3v) is 5.29. The Hall–Kier alpha value is -2.10. The summed E-state index contributed by atoms with van der Waals surface area (Å²) >= 11 is 0. The minimum absolute atomic E-state index is 0.0345. The van der Waals surface area contributed by atoms with E-state index in [2.05, 4.69) is 24.1 Å². The zero-order valence-electron chi connectivity index (χ0n) is 13.7. The van der Waals surface area contributed by atoms with Gasteiger partial charge in [-0.15, -0.1) is 0 Å². The number of rotatable bonds is 3. The maximum Gasteiger partial charge on any atom is 0.252 e. The predicted molar refractivity (Wildman–Crippen MR) is 92.8 cm³/mol. The van der Waals surface area contributed by atoms with E-state index in [4.69, 9.17) is 4.98 Å². The average Bonchev–Trinajstić information content (AvgIpc) is 3.31. The lowest BCUT2D eigenvalue weighted by Crippen LogP contribution is -2.31. The first-order chi connectivity index (χ1) is 11.1. The van der Waals surface area contributed by atoms with Crippen molar-refractivity contribution in [3.8, 4) is 0 Å². The van der Waals surface area contributed by atoms with Crippen LogP contribution in [-0.4, -0.2) is 29.5 Å². The molecule has 0 radical (unpaired) electrons. The predicted octanol–water partition coefficient (Wildman–Crippen LogP) is 3.36. The summed E-state index contributed by atoms with van der Waals surface area (Å²) in [5, 5.41) is 4.05. The molecule has 2 unspecified atom stereocenters. The van der Waals surface area contributed by atoms with Gasteiger partial charge in [-0.05, 0) is 44.2 Å². The van der Waals surface area contributed by atoms with Crippen molar-refractivity contribution in [1.29, 1.82) is 0 Å². The molecule has 0 bridgehead atoms. The zero-order valence-corrected chi connectivity index (χ0v) is 13.7. The Balaban J connectivity index is 1.78. The third kappa shape index (κ3) is 2.67. The van der Waals surface area contributed by atoms with Crippen molar-refractivity contribution in [3.05, 3.63) is 35.9 Å². The lowest BCUT2D eigenvalue weighted by Gasteiger charge is -2.25. The van der Waals surface area contributed by atoms with Crippen LogP contribution in [0.15, 0.2) is 30.3 Å². The van der Waals surface area contributed by atoms with Crippen LogP contribution >= 0.6 is 0 Å². The van der Waals surface area contributed by atoms with Crippen LogP contribution in [0.25, 0.3) is 10.9 Å². The number of benzene rings is 1. The number of anilines is 1. The molecule has 4 nitrogen and oxygen atoms in total. The Labute approximate surface area is 136 Å². The van der Waals surface area contributed by atoms with E-state index in [0.29, 0.717) is 18.0 Å². The highest BCUT2D eigenvalue weighted by Crippen LogP contribution is 2.31. The van der Waals surface area contributed by atoms with Crippen molar-refractivity contribution in [2.24, 2.45) is 5.92 Å². The van der Waals surface area contributed by atoms with Crippen molar-refractivity contribution in [1.82, 2.24) is 10.3 Å². The standard InChI is InChI=1S/C19H23N3O/c1-12-9-10-22(13(12)2)18-11-16(19(23)20-14-7-8-14)15-5-3-4-6-17(15)21-18/h3-6,11-14H,7-10H2,1-2H3,(H,20,23). The molecular formula is C19H23N3O. The lowest BCUT2D eigenvalue weighted by atomic mass is 10.0. The van der Waals surface area contributed by atoms with Crippen LogP contribution in [0.5, 0.6) is 0 Å². The maximum atomic E-state index is 12.7. The minimum Gasteiger partial charge on any atom is -0.354 e. The molecule has 1 aromatic heterocycles.